The Morgan fingerprint density at radius 2 is 1.72 bits per heavy atom. The summed E-state index contributed by atoms with van der Waals surface area (Å²) in [7, 11) is 1.70. The van der Waals surface area contributed by atoms with Crippen LogP contribution in [0.3, 0.4) is 0 Å². The first-order chi connectivity index (χ1) is 8.90. The van der Waals surface area contributed by atoms with Crippen LogP contribution in [0, 0.1) is 6.07 Å². The van der Waals surface area contributed by atoms with Gasteiger partial charge in [0.1, 0.15) is 5.75 Å². The molecule has 0 unspecified atom stereocenters. The van der Waals surface area contributed by atoms with Crippen molar-refractivity contribution >= 4 is 10.8 Å². The van der Waals surface area contributed by atoms with Gasteiger partial charge in [0.2, 0.25) is 0 Å². The minimum Gasteiger partial charge on any atom is -0.496 e. The van der Waals surface area contributed by atoms with Crippen molar-refractivity contribution in [1.82, 2.24) is 0 Å². The molecular weight excluding hydrogens is 220 g/mol. The molecule has 0 amide bonds. The van der Waals surface area contributed by atoms with E-state index in [9.17, 15) is 0 Å². The van der Waals surface area contributed by atoms with Gasteiger partial charge in [-0.3, -0.25) is 0 Å². The van der Waals surface area contributed by atoms with Crippen LogP contribution in [-0.4, -0.2) is 7.11 Å². The second-order valence-corrected chi connectivity index (χ2v) is 4.15. The summed E-state index contributed by atoms with van der Waals surface area (Å²) in [6.45, 7) is 0. The van der Waals surface area contributed by atoms with Gasteiger partial charge in [-0.15, -0.1) is 0 Å². The van der Waals surface area contributed by atoms with Crippen LogP contribution < -0.4 is 4.74 Å². The minimum absolute atomic E-state index is 0.880. The Morgan fingerprint density at radius 3 is 2.61 bits per heavy atom. The van der Waals surface area contributed by atoms with Gasteiger partial charge in [-0.1, -0.05) is 48.5 Å². The molecule has 0 bridgehead atoms. The quantitative estimate of drug-likeness (QED) is 0.640. The maximum Gasteiger partial charge on any atom is 0.126 e. The second kappa shape index (κ2) is 4.53. The van der Waals surface area contributed by atoms with Crippen molar-refractivity contribution in [2.45, 2.75) is 0 Å². The third-order valence-corrected chi connectivity index (χ3v) is 3.12. The fourth-order valence-corrected chi connectivity index (χ4v) is 2.26. The number of hydrogen-bond donors (Lipinski definition) is 0. The third kappa shape index (κ3) is 1.74. The Hall–Kier alpha value is -2.28. The van der Waals surface area contributed by atoms with Gasteiger partial charge in [-0.2, -0.15) is 0 Å². The van der Waals surface area contributed by atoms with Crippen molar-refractivity contribution in [3.05, 3.63) is 66.7 Å². The predicted octanol–water partition coefficient (Wildman–Crippen LogP) is 4.32. The molecule has 0 spiro atoms. The fraction of sp³-hybridized carbons (Fsp3) is 0.0588. The molecule has 3 aromatic carbocycles. The van der Waals surface area contributed by atoms with E-state index in [1.807, 2.05) is 18.2 Å². The summed E-state index contributed by atoms with van der Waals surface area (Å²) in [5.41, 5.74) is 2.26. The number of ether oxygens (including phenoxy) is 1. The number of rotatable bonds is 2. The lowest BCUT2D eigenvalue weighted by molar-refractivity contribution is 0.416. The van der Waals surface area contributed by atoms with E-state index in [1.54, 1.807) is 7.11 Å². The fourth-order valence-electron chi connectivity index (χ4n) is 2.26. The van der Waals surface area contributed by atoms with E-state index >= 15 is 0 Å². The molecule has 3 rings (SSSR count). The third-order valence-electron chi connectivity index (χ3n) is 3.12. The molecule has 0 N–H and O–H groups in total. The molecule has 0 fully saturated rings. The summed E-state index contributed by atoms with van der Waals surface area (Å²) < 4.78 is 5.43. The van der Waals surface area contributed by atoms with Gasteiger partial charge in [-0.25, -0.2) is 0 Å². The van der Waals surface area contributed by atoms with Gasteiger partial charge >= 0.3 is 0 Å². The minimum atomic E-state index is 0.880. The maximum absolute atomic E-state index is 5.43. The summed E-state index contributed by atoms with van der Waals surface area (Å²) in [5.74, 6) is 0.880. The lowest BCUT2D eigenvalue weighted by atomic mass is 9.98. The van der Waals surface area contributed by atoms with E-state index < -0.39 is 0 Å². The monoisotopic (exact) mass is 233 g/mol. The van der Waals surface area contributed by atoms with Crippen LogP contribution in [0.1, 0.15) is 0 Å². The average molecular weight is 233 g/mol. The van der Waals surface area contributed by atoms with E-state index in [0.717, 1.165) is 11.3 Å². The van der Waals surface area contributed by atoms with E-state index in [0.29, 0.717) is 0 Å². The highest BCUT2D eigenvalue weighted by molar-refractivity contribution is 5.97. The van der Waals surface area contributed by atoms with Gasteiger partial charge in [0.15, 0.2) is 0 Å². The molecule has 0 atom stereocenters. The highest BCUT2D eigenvalue weighted by Gasteiger charge is 2.07. The van der Waals surface area contributed by atoms with E-state index in [2.05, 4.69) is 48.5 Å². The molecule has 0 aromatic heterocycles. The lowest BCUT2D eigenvalue weighted by Crippen LogP contribution is -1.88. The van der Waals surface area contributed by atoms with Crippen molar-refractivity contribution in [2.24, 2.45) is 0 Å². The number of benzene rings is 3. The smallest absolute Gasteiger partial charge is 0.126 e. The van der Waals surface area contributed by atoms with E-state index in [-0.39, 0.29) is 0 Å². The number of fused-ring (bicyclic) bond motifs is 1. The van der Waals surface area contributed by atoms with Gasteiger partial charge in [-0.05, 0) is 34.5 Å². The predicted molar refractivity (Wildman–Crippen MR) is 74.8 cm³/mol. The van der Waals surface area contributed by atoms with Crippen LogP contribution in [0.2, 0.25) is 0 Å². The molecule has 1 nitrogen and oxygen atoms in total. The van der Waals surface area contributed by atoms with Gasteiger partial charge in [0.25, 0.3) is 0 Å². The van der Waals surface area contributed by atoms with E-state index in [1.165, 1.54) is 16.3 Å². The molecule has 18 heavy (non-hydrogen) atoms. The Bertz CT molecular complexity index is 681. The molecule has 0 heterocycles. The van der Waals surface area contributed by atoms with Crippen molar-refractivity contribution < 1.29 is 4.74 Å². The second-order valence-electron chi connectivity index (χ2n) is 4.15. The molecule has 0 saturated carbocycles. The molecule has 0 saturated heterocycles. The molecule has 0 aliphatic rings. The topological polar surface area (TPSA) is 9.23 Å². The summed E-state index contributed by atoms with van der Waals surface area (Å²) in [5, 5.41) is 2.47. The van der Waals surface area contributed by atoms with Crippen molar-refractivity contribution in [3.63, 3.8) is 0 Å². The molecule has 3 aromatic rings. The van der Waals surface area contributed by atoms with Crippen LogP contribution in [0.4, 0.5) is 0 Å². The Morgan fingerprint density at radius 1 is 0.889 bits per heavy atom. The Kier molecular flexibility index (Phi) is 2.73. The molecule has 87 valence electrons. The Labute approximate surface area is 107 Å². The van der Waals surface area contributed by atoms with Crippen molar-refractivity contribution in [1.29, 1.82) is 0 Å². The molecule has 0 aliphatic carbocycles. The average Bonchev–Trinajstić information content (AvgIpc) is 2.46. The molecule has 0 aliphatic heterocycles. The van der Waals surface area contributed by atoms with Crippen molar-refractivity contribution in [3.8, 4) is 16.9 Å². The standard InChI is InChI=1S/C17H13O/c1-18-17-12-5-4-10-16(17)15-11-6-8-13-7-2-3-9-14(13)15/h2-3,5-12H,1H3. The van der Waals surface area contributed by atoms with Crippen LogP contribution in [0.25, 0.3) is 21.9 Å². The zero-order valence-corrected chi connectivity index (χ0v) is 10.2. The van der Waals surface area contributed by atoms with Gasteiger partial charge in [0, 0.05) is 5.56 Å². The van der Waals surface area contributed by atoms with Gasteiger partial charge < -0.3 is 4.74 Å². The first-order valence-corrected chi connectivity index (χ1v) is 5.92. The largest absolute Gasteiger partial charge is 0.496 e. The van der Waals surface area contributed by atoms with Gasteiger partial charge in [0.05, 0.1) is 7.11 Å². The SMILES string of the molecule is COc1cc[c]cc1-c1cccc2ccccc12. The highest BCUT2D eigenvalue weighted by Crippen LogP contribution is 2.34. The number of methoxy groups -OCH3 is 1. The summed E-state index contributed by atoms with van der Waals surface area (Å²) in [4.78, 5) is 0. The zero-order chi connectivity index (χ0) is 12.4. The zero-order valence-electron chi connectivity index (χ0n) is 10.2. The first kappa shape index (κ1) is 10.8. The molecule has 1 radical (unpaired) electrons. The lowest BCUT2D eigenvalue weighted by Gasteiger charge is -2.10. The molecule has 1 heteroatoms. The molecular formula is C17H13O. The van der Waals surface area contributed by atoms with Crippen LogP contribution in [0.5, 0.6) is 5.75 Å². The summed E-state index contributed by atoms with van der Waals surface area (Å²) in [6, 6.07) is 23.6. The van der Waals surface area contributed by atoms with Crippen molar-refractivity contribution in [2.75, 3.05) is 7.11 Å². The van der Waals surface area contributed by atoms with Crippen LogP contribution in [0.15, 0.2) is 60.7 Å². The normalized spacial score (nSPS) is 10.5. The Balaban J connectivity index is 2.32. The van der Waals surface area contributed by atoms with Crippen LogP contribution in [-0.2, 0) is 0 Å². The maximum atomic E-state index is 5.43. The van der Waals surface area contributed by atoms with Crippen LogP contribution >= 0.6 is 0 Å². The first-order valence-electron chi connectivity index (χ1n) is 5.92. The summed E-state index contributed by atoms with van der Waals surface area (Å²) >= 11 is 0. The highest BCUT2D eigenvalue weighted by atomic mass is 16.5. The van der Waals surface area contributed by atoms with E-state index in [4.69, 9.17) is 4.74 Å². The summed E-state index contributed by atoms with van der Waals surface area (Å²) in [6.07, 6.45) is 0. The number of hydrogen-bond acceptors (Lipinski definition) is 1.